The lowest BCUT2D eigenvalue weighted by atomic mass is 10.2. The quantitative estimate of drug-likeness (QED) is 0.603. The fourth-order valence-electron chi connectivity index (χ4n) is 4.43. The predicted octanol–water partition coefficient (Wildman–Crippen LogP) is 3.78. The number of hydrogen-bond donors (Lipinski definition) is 0. The van der Waals surface area contributed by atoms with Crippen molar-refractivity contribution in [1.82, 2.24) is 19.6 Å². The molecule has 0 atom stereocenters. The number of fused-ring (bicyclic) bond motifs is 1. The van der Waals surface area contributed by atoms with Crippen LogP contribution in [0.15, 0.2) is 41.9 Å². The summed E-state index contributed by atoms with van der Waals surface area (Å²) >= 11 is 1.31. The van der Waals surface area contributed by atoms with Gasteiger partial charge in [-0.2, -0.15) is 4.98 Å². The molecule has 0 radical (unpaired) electrons. The zero-order valence-electron chi connectivity index (χ0n) is 17.5. The summed E-state index contributed by atoms with van der Waals surface area (Å²) in [6, 6.07) is 10.6. The van der Waals surface area contributed by atoms with Crippen molar-refractivity contribution in [2.45, 2.75) is 44.7 Å². The van der Waals surface area contributed by atoms with Gasteiger partial charge in [0.1, 0.15) is 5.69 Å². The molecular weight excluding hydrogens is 410 g/mol. The number of hydrogen-bond acceptors (Lipinski definition) is 8. The van der Waals surface area contributed by atoms with E-state index in [4.69, 9.17) is 4.98 Å². The fourth-order valence-corrected chi connectivity index (χ4v) is 4.88. The standard InChI is InChI=1S/C22H25N7OS/c1-27-18-13-23-22(24-21(18)28(12-11-20(27)30)17-9-5-6-10-17)29(19-15-31-26-25-19)14-16-7-3-2-4-8-16/h2-4,7-8,13,15,17H,5-6,9-12,14H2,1H3. The summed E-state index contributed by atoms with van der Waals surface area (Å²) in [5, 5.41) is 6.18. The molecule has 3 aromatic rings. The fraction of sp³-hybridized carbons (Fsp3) is 0.409. The molecule has 160 valence electrons. The van der Waals surface area contributed by atoms with Crippen LogP contribution in [0.3, 0.4) is 0 Å². The summed E-state index contributed by atoms with van der Waals surface area (Å²) in [5.41, 5.74) is 1.91. The monoisotopic (exact) mass is 435 g/mol. The summed E-state index contributed by atoms with van der Waals surface area (Å²) in [5.74, 6) is 2.23. The highest BCUT2D eigenvalue weighted by Crippen LogP contribution is 2.37. The number of carbonyl (C=O) groups is 1. The third-order valence-electron chi connectivity index (χ3n) is 6.13. The number of nitrogens with zero attached hydrogens (tertiary/aromatic N) is 7. The van der Waals surface area contributed by atoms with Crippen molar-refractivity contribution in [3.8, 4) is 0 Å². The van der Waals surface area contributed by atoms with Crippen molar-refractivity contribution in [2.24, 2.45) is 0 Å². The highest BCUT2D eigenvalue weighted by Gasteiger charge is 2.32. The van der Waals surface area contributed by atoms with Crippen molar-refractivity contribution in [3.05, 3.63) is 47.5 Å². The van der Waals surface area contributed by atoms with Gasteiger partial charge in [0.15, 0.2) is 11.6 Å². The molecule has 1 fully saturated rings. The molecule has 1 aliphatic heterocycles. The summed E-state index contributed by atoms with van der Waals surface area (Å²) in [7, 11) is 1.81. The zero-order valence-corrected chi connectivity index (χ0v) is 18.3. The van der Waals surface area contributed by atoms with E-state index in [2.05, 4.69) is 31.6 Å². The largest absolute Gasteiger partial charge is 0.351 e. The zero-order chi connectivity index (χ0) is 21.2. The molecule has 8 nitrogen and oxygen atoms in total. The van der Waals surface area contributed by atoms with Gasteiger partial charge in [0.25, 0.3) is 0 Å². The summed E-state index contributed by atoms with van der Waals surface area (Å²) in [6.45, 7) is 1.28. The maximum Gasteiger partial charge on any atom is 0.233 e. The van der Waals surface area contributed by atoms with Crippen molar-refractivity contribution >= 4 is 40.7 Å². The molecule has 31 heavy (non-hydrogen) atoms. The van der Waals surface area contributed by atoms with Crippen LogP contribution in [0.5, 0.6) is 0 Å². The number of carbonyl (C=O) groups excluding carboxylic acids is 1. The van der Waals surface area contributed by atoms with E-state index in [-0.39, 0.29) is 5.91 Å². The smallest absolute Gasteiger partial charge is 0.233 e. The Hall–Kier alpha value is -3.07. The average molecular weight is 436 g/mol. The van der Waals surface area contributed by atoms with E-state index in [1.165, 1.54) is 24.4 Å². The molecule has 2 aromatic heterocycles. The molecule has 9 heteroatoms. The predicted molar refractivity (Wildman–Crippen MR) is 122 cm³/mol. The highest BCUT2D eigenvalue weighted by atomic mass is 32.1. The Bertz CT molecular complexity index is 1040. The van der Waals surface area contributed by atoms with Crippen molar-refractivity contribution in [2.75, 3.05) is 28.3 Å². The van der Waals surface area contributed by atoms with Gasteiger partial charge in [-0.05, 0) is 29.9 Å². The Morgan fingerprint density at radius 1 is 1.19 bits per heavy atom. The van der Waals surface area contributed by atoms with E-state index >= 15 is 0 Å². The van der Waals surface area contributed by atoms with Crippen LogP contribution >= 0.6 is 11.5 Å². The molecule has 3 heterocycles. The summed E-state index contributed by atoms with van der Waals surface area (Å²) in [4.78, 5) is 28.3. The van der Waals surface area contributed by atoms with Gasteiger partial charge in [0.05, 0.1) is 18.1 Å². The number of anilines is 4. The first-order valence-electron chi connectivity index (χ1n) is 10.7. The van der Waals surface area contributed by atoms with E-state index in [0.717, 1.165) is 35.7 Å². The molecule has 0 saturated heterocycles. The Kier molecular flexibility index (Phi) is 5.50. The molecule has 0 spiro atoms. The molecule has 0 unspecified atom stereocenters. The lowest BCUT2D eigenvalue weighted by Gasteiger charge is -2.31. The second-order valence-corrected chi connectivity index (χ2v) is 8.66. The van der Waals surface area contributed by atoms with E-state index in [1.807, 2.05) is 35.5 Å². The van der Waals surface area contributed by atoms with Gasteiger partial charge < -0.3 is 9.80 Å². The minimum Gasteiger partial charge on any atom is -0.351 e. The molecular formula is C22H25N7OS. The lowest BCUT2D eigenvalue weighted by Crippen LogP contribution is -2.35. The molecule has 1 aliphatic carbocycles. The number of rotatable bonds is 5. The third-order valence-corrected chi connectivity index (χ3v) is 6.62. The first-order valence-corrected chi connectivity index (χ1v) is 11.5. The normalized spacial score (nSPS) is 17.0. The summed E-state index contributed by atoms with van der Waals surface area (Å²) in [6.07, 6.45) is 7.00. The Morgan fingerprint density at radius 2 is 2.00 bits per heavy atom. The van der Waals surface area contributed by atoms with Crippen LogP contribution in [0.4, 0.5) is 23.3 Å². The van der Waals surface area contributed by atoms with Crippen molar-refractivity contribution in [3.63, 3.8) is 0 Å². The first-order chi connectivity index (χ1) is 15.2. The first kappa shape index (κ1) is 19.9. The van der Waals surface area contributed by atoms with Crippen LogP contribution < -0.4 is 14.7 Å². The minimum atomic E-state index is 0.0999. The van der Waals surface area contributed by atoms with Gasteiger partial charge in [-0.25, -0.2) is 4.98 Å². The van der Waals surface area contributed by atoms with E-state index in [9.17, 15) is 4.79 Å². The molecule has 1 aromatic carbocycles. The topological polar surface area (TPSA) is 78.4 Å². The number of benzene rings is 1. The van der Waals surface area contributed by atoms with E-state index in [0.29, 0.717) is 31.5 Å². The maximum atomic E-state index is 12.6. The van der Waals surface area contributed by atoms with Crippen molar-refractivity contribution in [1.29, 1.82) is 0 Å². The van der Waals surface area contributed by atoms with Crippen LogP contribution in [-0.2, 0) is 11.3 Å². The minimum absolute atomic E-state index is 0.0999. The molecule has 0 N–H and O–H groups in total. The molecule has 5 rings (SSSR count). The molecule has 0 bridgehead atoms. The lowest BCUT2D eigenvalue weighted by molar-refractivity contribution is -0.118. The number of amides is 1. The van der Waals surface area contributed by atoms with Crippen LogP contribution in [0.25, 0.3) is 0 Å². The van der Waals surface area contributed by atoms with Gasteiger partial charge in [-0.15, -0.1) is 5.10 Å². The van der Waals surface area contributed by atoms with Crippen molar-refractivity contribution < 1.29 is 4.79 Å². The second kappa shape index (κ2) is 8.58. The van der Waals surface area contributed by atoms with Crippen LogP contribution in [0.2, 0.25) is 0 Å². The van der Waals surface area contributed by atoms with Gasteiger partial charge in [0.2, 0.25) is 11.9 Å². The maximum absolute atomic E-state index is 12.6. The van der Waals surface area contributed by atoms with Crippen LogP contribution in [-0.4, -0.2) is 45.1 Å². The highest BCUT2D eigenvalue weighted by molar-refractivity contribution is 7.03. The Morgan fingerprint density at radius 3 is 2.74 bits per heavy atom. The third kappa shape index (κ3) is 3.97. The van der Waals surface area contributed by atoms with Gasteiger partial charge in [-0.3, -0.25) is 9.69 Å². The van der Waals surface area contributed by atoms with Gasteiger partial charge in [-0.1, -0.05) is 47.7 Å². The van der Waals surface area contributed by atoms with Crippen LogP contribution in [0, 0.1) is 0 Å². The molecule has 1 saturated carbocycles. The van der Waals surface area contributed by atoms with Crippen LogP contribution in [0.1, 0.15) is 37.7 Å². The second-order valence-electron chi connectivity index (χ2n) is 8.05. The average Bonchev–Trinajstić information content (AvgIpc) is 3.51. The Labute approximate surface area is 185 Å². The summed E-state index contributed by atoms with van der Waals surface area (Å²) < 4.78 is 4.04. The van der Waals surface area contributed by atoms with Gasteiger partial charge >= 0.3 is 0 Å². The van der Waals surface area contributed by atoms with E-state index < -0.39 is 0 Å². The molecule has 2 aliphatic rings. The molecule has 1 amide bonds. The van der Waals surface area contributed by atoms with Gasteiger partial charge in [0, 0.05) is 26.1 Å². The Balaban J connectivity index is 1.57. The van der Waals surface area contributed by atoms with E-state index in [1.54, 1.807) is 11.1 Å². The SMILES string of the molecule is CN1C(=O)CCN(C2CCCC2)c2nc(N(Cc3ccccc3)c3csnn3)ncc21. The number of aromatic nitrogens is 4.